The Balaban J connectivity index is 1.79. The molecular weight excluding hydrogens is 236 g/mol. The third kappa shape index (κ3) is 2.07. The van der Waals surface area contributed by atoms with Crippen molar-refractivity contribution in [3.05, 3.63) is 17.0 Å². The van der Waals surface area contributed by atoms with E-state index in [1.807, 2.05) is 0 Å². The number of halogens is 1. The summed E-state index contributed by atoms with van der Waals surface area (Å²) in [6.07, 6.45) is 4.70. The number of piperidine rings is 1. The van der Waals surface area contributed by atoms with Gasteiger partial charge in [0.15, 0.2) is 5.82 Å². The van der Waals surface area contributed by atoms with Gasteiger partial charge in [-0.2, -0.15) is 0 Å². The Hall–Kier alpha value is -1.00. The van der Waals surface area contributed by atoms with Crippen LogP contribution in [-0.4, -0.2) is 40.7 Å². The average Bonchev–Trinajstić information content (AvgIpc) is 2.75. The van der Waals surface area contributed by atoms with Crippen molar-refractivity contribution < 1.29 is 0 Å². The van der Waals surface area contributed by atoms with Crippen LogP contribution in [0.1, 0.15) is 18.4 Å². The van der Waals surface area contributed by atoms with Crippen LogP contribution in [0.25, 0.3) is 0 Å². The predicted molar refractivity (Wildman–Crippen MR) is 68.1 cm³/mol. The molecule has 3 rings (SSSR count). The van der Waals surface area contributed by atoms with E-state index >= 15 is 0 Å². The summed E-state index contributed by atoms with van der Waals surface area (Å²) in [6, 6.07) is 0. The van der Waals surface area contributed by atoms with Gasteiger partial charge in [-0.05, 0) is 33.0 Å². The zero-order chi connectivity index (χ0) is 11.8. The maximum atomic E-state index is 6.06. The standard InChI is InChI=1S/C12H15ClN4/c1-17-4-2-8(3-5-17)10-6-9-11(13)14-7-15-12(9)16-10/h7-8H,2-6H2,1H3. The highest BCUT2D eigenvalue weighted by Gasteiger charge is 2.27. The molecule has 5 heteroatoms. The molecule has 0 spiro atoms. The Kier molecular flexibility index (Phi) is 2.84. The molecular formula is C12H15ClN4. The monoisotopic (exact) mass is 250 g/mol. The van der Waals surface area contributed by atoms with Crippen molar-refractivity contribution in [2.24, 2.45) is 10.9 Å². The molecule has 0 aliphatic carbocycles. The Labute approximate surface area is 106 Å². The van der Waals surface area contributed by atoms with Crippen molar-refractivity contribution in [3.8, 4) is 0 Å². The predicted octanol–water partition coefficient (Wildman–Crippen LogP) is 2.10. The number of fused-ring (bicyclic) bond motifs is 1. The molecule has 3 heterocycles. The zero-order valence-electron chi connectivity index (χ0n) is 9.86. The number of hydrogen-bond acceptors (Lipinski definition) is 4. The summed E-state index contributed by atoms with van der Waals surface area (Å²) in [4.78, 5) is 15.2. The molecule has 0 bridgehead atoms. The topological polar surface area (TPSA) is 41.4 Å². The maximum Gasteiger partial charge on any atom is 0.160 e. The van der Waals surface area contributed by atoms with Crippen molar-refractivity contribution in [2.75, 3.05) is 20.1 Å². The molecule has 2 aliphatic rings. The van der Waals surface area contributed by atoms with Gasteiger partial charge in [0.1, 0.15) is 11.5 Å². The summed E-state index contributed by atoms with van der Waals surface area (Å²) in [5, 5.41) is 0.557. The lowest BCUT2D eigenvalue weighted by Crippen LogP contribution is -2.33. The molecule has 0 aromatic carbocycles. The van der Waals surface area contributed by atoms with Crippen LogP contribution in [0.3, 0.4) is 0 Å². The number of hydrogen-bond donors (Lipinski definition) is 0. The highest BCUT2D eigenvalue weighted by Crippen LogP contribution is 2.33. The highest BCUT2D eigenvalue weighted by molar-refractivity contribution is 6.30. The van der Waals surface area contributed by atoms with E-state index in [-0.39, 0.29) is 0 Å². The molecule has 0 N–H and O–H groups in total. The molecule has 1 aromatic rings. The number of nitrogens with zero attached hydrogens (tertiary/aromatic N) is 4. The molecule has 0 amide bonds. The Morgan fingerprint density at radius 3 is 2.76 bits per heavy atom. The van der Waals surface area contributed by atoms with E-state index in [0.29, 0.717) is 11.1 Å². The average molecular weight is 251 g/mol. The van der Waals surface area contributed by atoms with Crippen molar-refractivity contribution in [3.63, 3.8) is 0 Å². The smallest absolute Gasteiger partial charge is 0.160 e. The molecule has 2 aliphatic heterocycles. The van der Waals surface area contributed by atoms with Crippen LogP contribution < -0.4 is 0 Å². The number of aliphatic imine (C=N–C) groups is 1. The number of aromatic nitrogens is 2. The first-order chi connectivity index (χ1) is 8.24. The molecule has 0 radical (unpaired) electrons. The van der Waals surface area contributed by atoms with Gasteiger partial charge in [0.05, 0.1) is 0 Å². The molecule has 0 saturated carbocycles. The van der Waals surface area contributed by atoms with Gasteiger partial charge in [-0.25, -0.2) is 15.0 Å². The molecule has 0 atom stereocenters. The van der Waals surface area contributed by atoms with Gasteiger partial charge in [0.2, 0.25) is 0 Å². The minimum Gasteiger partial charge on any atom is -0.306 e. The lowest BCUT2D eigenvalue weighted by Gasteiger charge is -2.28. The van der Waals surface area contributed by atoms with E-state index in [1.54, 1.807) is 0 Å². The second-order valence-electron chi connectivity index (χ2n) is 4.82. The molecule has 4 nitrogen and oxygen atoms in total. The molecule has 0 unspecified atom stereocenters. The van der Waals surface area contributed by atoms with Gasteiger partial charge in [-0.3, -0.25) is 0 Å². The minimum atomic E-state index is 0.557. The van der Waals surface area contributed by atoms with Crippen molar-refractivity contribution in [1.29, 1.82) is 0 Å². The second-order valence-corrected chi connectivity index (χ2v) is 5.18. The molecule has 17 heavy (non-hydrogen) atoms. The summed E-state index contributed by atoms with van der Waals surface area (Å²) in [7, 11) is 2.17. The van der Waals surface area contributed by atoms with Gasteiger partial charge in [-0.1, -0.05) is 11.6 Å². The van der Waals surface area contributed by atoms with E-state index in [0.717, 1.165) is 30.9 Å². The number of rotatable bonds is 1. The fourth-order valence-electron chi connectivity index (χ4n) is 2.56. The second kappa shape index (κ2) is 4.35. The quantitative estimate of drug-likeness (QED) is 0.717. The lowest BCUT2D eigenvalue weighted by molar-refractivity contribution is 0.251. The fraction of sp³-hybridized carbons (Fsp3) is 0.583. The normalized spacial score (nSPS) is 21.4. The van der Waals surface area contributed by atoms with Crippen LogP contribution in [0.2, 0.25) is 5.15 Å². The van der Waals surface area contributed by atoms with E-state index in [1.165, 1.54) is 24.9 Å². The molecule has 90 valence electrons. The van der Waals surface area contributed by atoms with Crippen LogP contribution >= 0.6 is 11.6 Å². The third-order valence-corrected chi connectivity index (χ3v) is 3.99. The highest BCUT2D eigenvalue weighted by atomic mass is 35.5. The van der Waals surface area contributed by atoms with Gasteiger partial charge in [0, 0.05) is 23.6 Å². The van der Waals surface area contributed by atoms with Crippen molar-refractivity contribution in [2.45, 2.75) is 19.3 Å². The Morgan fingerprint density at radius 2 is 2.06 bits per heavy atom. The fourth-order valence-corrected chi connectivity index (χ4v) is 2.76. The molecule has 1 fully saturated rings. The van der Waals surface area contributed by atoms with Gasteiger partial charge in [-0.15, -0.1) is 0 Å². The summed E-state index contributed by atoms with van der Waals surface area (Å²) >= 11 is 6.06. The van der Waals surface area contributed by atoms with E-state index in [4.69, 9.17) is 11.6 Å². The SMILES string of the molecule is CN1CCC(C2=Nc3ncnc(Cl)c3C2)CC1. The van der Waals surface area contributed by atoms with Crippen LogP contribution in [0.5, 0.6) is 0 Å². The summed E-state index contributed by atoms with van der Waals surface area (Å²) in [6.45, 7) is 2.30. The van der Waals surface area contributed by atoms with Crippen LogP contribution in [0.15, 0.2) is 11.3 Å². The van der Waals surface area contributed by atoms with Gasteiger partial charge >= 0.3 is 0 Å². The summed E-state index contributed by atoms with van der Waals surface area (Å²) in [5.41, 5.74) is 2.25. The first-order valence-corrected chi connectivity index (χ1v) is 6.37. The maximum absolute atomic E-state index is 6.06. The first-order valence-electron chi connectivity index (χ1n) is 5.99. The summed E-state index contributed by atoms with van der Waals surface area (Å²) < 4.78 is 0. The lowest BCUT2D eigenvalue weighted by atomic mass is 9.90. The Bertz CT molecular complexity index is 464. The van der Waals surface area contributed by atoms with Crippen LogP contribution in [-0.2, 0) is 6.42 Å². The Morgan fingerprint density at radius 1 is 1.29 bits per heavy atom. The molecule has 1 saturated heterocycles. The van der Waals surface area contributed by atoms with E-state index in [9.17, 15) is 0 Å². The van der Waals surface area contributed by atoms with E-state index in [2.05, 4.69) is 26.9 Å². The van der Waals surface area contributed by atoms with Crippen molar-refractivity contribution in [1.82, 2.24) is 14.9 Å². The molecule has 1 aromatic heterocycles. The van der Waals surface area contributed by atoms with Gasteiger partial charge in [0.25, 0.3) is 0 Å². The van der Waals surface area contributed by atoms with Crippen molar-refractivity contribution >= 4 is 23.1 Å². The minimum absolute atomic E-state index is 0.557. The number of likely N-dealkylation sites (tertiary alicyclic amines) is 1. The van der Waals surface area contributed by atoms with Crippen LogP contribution in [0, 0.1) is 5.92 Å². The largest absolute Gasteiger partial charge is 0.306 e. The van der Waals surface area contributed by atoms with Gasteiger partial charge < -0.3 is 4.90 Å². The first kappa shape index (κ1) is 11.1. The van der Waals surface area contributed by atoms with E-state index < -0.39 is 0 Å². The van der Waals surface area contributed by atoms with Crippen LogP contribution in [0.4, 0.5) is 5.82 Å². The summed E-state index contributed by atoms with van der Waals surface area (Å²) in [5.74, 6) is 1.37. The third-order valence-electron chi connectivity index (χ3n) is 3.67. The zero-order valence-corrected chi connectivity index (χ0v) is 10.6.